The number of carbonyl (C=O) groups is 1. The summed E-state index contributed by atoms with van der Waals surface area (Å²) in [6.07, 6.45) is 3.13. The highest BCUT2D eigenvalue weighted by molar-refractivity contribution is 5.68. The standard InChI is InChI=1S/C13H23NO3/c1-6-13(16-5)7-9-14(10-8-13)11(15)17-12(2,3)4/h6H,1,7-10H2,2-5H3. The van der Waals surface area contributed by atoms with E-state index in [1.807, 2.05) is 26.8 Å². The molecule has 0 saturated carbocycles. The number of likely N-dealkylation sites (tertiary alicyclic amines) is 1. The zero-order valence-electron chi connectivity index (χ0n) is 11.3. The van der Waals surface area contributed by atoms with Crippen LogP contribution in [0.3, 0.4) is 0 Å². The predicted octanol–water partition coefficient (Wildman–Crippen LogP) is 2.59. The Morgan fingerprint density at radius 1 is 1.35 bits per heavy atom. The minimum Gasteiger partial charge on any atom is -0.444 e. The molecule has 0 radical (unpaired) electrons. The Hall–Kier alpha value is -1.03. The molecule has 4 heteroatoms. The smallest absolute Gasteiger partial charge is 0.410 e. The van der Waals surface area contributed by atoms with E-state index >= 15 is 0 Å². The van der Waals surface area contributed by atoms with Gasteiger partial charge >= 0.3 is 6.09 Å². The van der Waals surface area contributed by atoms with Crippen LogP contribution in [0.2, 0.25) is 0 Å². The van der Waals surface area contributed by atoms with Gasteiger partial charge in [-0.05, 0) is 33.6 Å². The van der Waals surface area contributed by atoms with Crippen LogP contribution in [-0.4, -0.2) is 42.4 Å². The molecule has 0 aromatic heterocycles. The third-order valence-corrected chi connectivity index (χ3v) is 3.04. The van der Waals surface area contributed by atoms with Crippen molar-refractivity contribution in [2.75, 3.05) is 20.2 Å². The SMILES string of the molecule is C=CC1(OC)CCN(C(=O)OC(C)(C)C)CC1. The molecule has 1 saturated heterocycles. The van der Waals surface area contributed by atoms with Gasteiger partial charge in [-0.2, -0.15) is 0 Å². The van der Waals surface area contributed by atoms with Crippen LogP contribution in [0.5, 0.6) is 0 Å². The average Bonchev–Trinajstić information content (AvgIpc) is 2.27. The number of ether oxygens (including phenoxy) is 2. The van der Waals surface area contributed by atoms with Crippen LogP contribution in [0.15, 0.2) is 12.7 Å². The first-order valence-electron chi connectivity index (χ1n) is 5.98. The van der Waals surface area contributed by atoms with E-state index in [2.05, 4.69) is 6.58 Å². The normalized spacial score (nSPS) is 19.9. The topological polar surface area (TPSA) is 38.8 Å². The van der Waals surface area contributed by atoms with Gasteiger partial charge in [0.2, 0.25) is 0 Å². The molecule has 1 amide bonds. The number of hydrogen-bond donors (Lipinski definition) is 0. The van der Waals surface area contributed by atoms with Crippen molar-refractivity contribution < 1.29 is 14.3 Å². The van der Waals surface area contributed by atoms with Crippen LogP contribution in [0.4, 0.5) is 4.79 Å². The second-order valence-electron chi connectivity index (χ2n) is 5.44. The monoisotopic (exact) mass is 241 g/mol. The predicted molar refractivity (Wildman–Crippen MR) is 67.0 cm³/mol. The van der Waals surface area contributed by atoms with Crippen molar-refractivity contribution in [3.05, 3.63) is 12.7 Å². The van der Waals surface area contributed by atoms with Gasteiger partial charge in [0.1, 0.15) is 5.60 Å². The zero-order valence-corrected chi connectivity index (χ0v) is 11.3. The second-order valence-corrected chi connectivity index (χ2v) is 5.44. The molecule has 98 valence electrons. The van der Waals surface area contributed by atoms with Crippen molar-refractivity contribution >= 4 is 6.09 Å². The lowest BCUT2D eigenvalue weighted by molar-refractivity contribution is -0.0301. The van der Waals surface area contributed by atoms with Crippen molar-refractivity contribution in [1.82, 2.24) is 4.90 Å². The second kappa shape index (κ2) is 5.08. The maximum absolute atomic E-state index is 11.8. The van der Waals surface area contributed by atoms with E-state index < -0.39 is 5.60 Å². The summed E-state index contributed by atoms with van der Waals surface area (Å²) in [5.41, 5.74) is -0.718. The quantitative estimate of drug-likeness (QED) is 0.697. The largest absolute Gasteiger partial charge is 0.444 e. The minimum absolute atomic E-state index is 0.244. The average molecular weight is 241 g/mol. The van der Waals surface area contributed by atoms with Crippen LogP contribution < -0.4 is 0 Å². The number of piperidine rings is 1. The van der Waals surface area contributed by atoms with Gasteiger partial charge in [-0.25, -0.2) is 4.79 Å². The van der Waals surface area contributed by atoms with E-state index in [0.29, 0.717) is 13.1 Å². The lowest BCUT2D eigenvalue weighted by Gasteiger charge is -2.39. The molecule has 1 fully saturated rings. The Labute approximate surface area is 104 Å². The van der Waals surface area contributed by atoms with E-state index in [1.54, 1.807) is 12.0 Å². The van der Waals surface area contributed by atoms with Crippen LogP contribution in [0.1, 0.15) is 33.6 Å². The highest BCUT2D eigenvalue weighted by Gasteiger charge is 2.34. The van der Waals surface area contributed by atoms with Crippen molar-refractivity contribution in [3.63, 3.8) is 0 Å². The molecule has 0 spiro atoms. The molecule has 0 N–H and O–H groups in total. The summed E-state index contributed by atoms with van der Waals surface area (Å²) in [4.78, 5) is 13.6. The first-order valence-corrected chi connectivity index (χ1v) is 5.98. The molecule has 1 rings (SSSR count). The van der Waals surface area contributed by atoms with E-state index in [4.69, 9.17) is 9.47 Å². The van der Waals surface area contributed by atoms with E-state index in [0.717, 1.165) is 12.8 Å². The first-order chi connectivity index (χ1) is 7.82. The number of nitrogens with zero attached hydrogens (tertiary/aromatic N) is 1. The fourth-order valence-electron chi connectivity index (χ4n) is 1.89. The van der Waals surface area contributed by atoms with Gasteiger partial charge in [-0.3, -0.25) is 0 Å². The lowest BCUT2D eigenvalue weighted by Crippen LogP contribution is -2.48. The number of methoxy groups -OCH3 is 1. The summed E-state index contributed by atoms with van der Waals surface area (Å²) in [6.45, 7) is 10.7. The number of hydrogen-bond acceptors (Lipinski definition) is 3. The van der Waals surface area contributed by atoms with Crippen molar-refractivity contribution in [1.29, 1.82) is 0 Å². The lowest BCUT2D eigenvalue weighted by atomic mass is 9.91. The highest BCUT2D eigenvalue weighted by atomic mass is 16.6. The molecule has 1 heterocycles. The molecule has 0 aromatic rings. The van der Waals surface area contributed by atoms with Crippen LogP contribution in [-0.2, 0) is 9.47 Å². The van der Waals surface area contributed by atoms with Crippen molar-refractivity contribution in [3.8, 4) is 0 Å². The molecular weight excluding hydrogens is 218 g/mol. The fraction of sp³-hybridized carbons (Fsp3) is 0.769. The third-order valence-electron chi connectivity index (χ3n) is 3.04. The van der Waals surface area contributed by atoms with Crippen LogP contribution in [0.25, 0.3) is 0 Å². The molecular formula is C13H23NO3. The molecule has 0 atom stereocenters. The van der Waals surface area contributed by atoms with Crippen LogP contribution >= 0.6 is 0 Å². The molecule has 0 unspecified atom stereocenters. The molecule has 0 bridgehead atoms. The fourth-order valence-corrected chi connectivity index (χ4v) is 1.89. The summed E-state index contributed by atoms with van der Waals surface area (Å²) in [6, 6.07) is 0. The zero-order chi connectivity index (χ0) is 13.1. The van der Waals surface area contributed by atoms with Gasteiger partial charge < -0.3 is 14.4 Å². The maximum atomic E-state index is 11.8. The Balaban J connectivity index is 2.52. The summed E-state index contributed by atoms with van der Waals surface area (Å²) < 4.78 is 10.8. The Kier molecular flexibility index (Phi) is 4.20. The van der Waals surface area contributed by atoms with Crippen molar-refractivity contribution in [2.24, 2.45) is 0 Å². The summed E-state index contributed by atoms with van der Waals surface area (Å²) in [5, 5.41) is 0. The molecule has 4 nitrogen and oxygen atoms in total. The van der Waals surface area contributed by atoms with E-state index in [1.165, 1.54) is 0 Å². The third kappa shape index (κ3) is 3.73. The number of rotatable bonds is 2. The minimum atomic E-state index is -0.439. The van der Waals surface area contributed by atoms with E-state index in [9.17, 15) is 4.79 Å². The highest BCUT2D eigenvalue weighted by Crippen LogP contribution is 2.27. The summed E-state index contributed by atoms with van der Waals surface area (Å²) in [5.74, 6) is 0. The molecule has 1 aliphatic rings. The van der Waals surface area contributed by atoms with E-state index in [-0.39, 0.29) is 11.7 Å². The molecule has 0 aromatic carbocycles. The Bertz CT molecular complexity index is 286. The molecule has 17 heavy (non-hydrogen) atoms. The molecule has 0 aliphatic carbocycles. The Morgan fingerprint density at radius 3 is 2.24 bits per heavy atom. The number of amides is 1. The van der Waals surface area contributed by atoms with Gasteiger partial charge in [0.05, 0.1) is 5.60 Å². The van der Waals surface area contributed by atoms with Crippen molar-refractivity contribution in [2.45, 2.75) is 44.8 Å². The Morgan fingerprint density at radius 2 is 1.88 bits per heavy atom. The summed E-state index contributed by atoms with van der Waals surface area (Å²) in [7, 11) is 1.69. The number of carbonyl (C=O) groups excluding carboxylic acids is 1. The maximum Gasteiger partial charge on any atom is 0.410 e. The first kappa shape index (κ1) is 14.0. The summed E-state index contributed by atoms with van der Waals surface area (Å²) >= 11 is 0. The van der Waals surface area contributed by atoms with Gasteiger partial charge in [0.15, 0.2) is 0 Å². The van der Waals surface area contributed by atoms with Gasteiger partial charge in [-0.15, -0.1) is 6.58 Å². The van der Waals surface area contributed by atoms with Gasteiger partial charge in [0.25, 0.3) is 0 Å². The van der Waals surface area contributed by atoms with Gasteiger partial charge in [0, 0.05) is 20.2 Å². The molecule has 1 aliphatic heterocycles. The van der Waals surface area contributed by atoms with Crippen LogP contribution in [0, 0.1) is 0 Å². The van der Waals surface area contributed by atoms with Gasteiger partial charge in [-0.1, -0.05) is 6.08 Å².